The minimum absolute atomic E-state index is 1.01. The average molecular weight is 213 g/mol. The van der Waals surface area contributed by atoms with Crippen LogP contribution < -0.4 is 0 Å². The minimum atomic E-state index is 1.01. The molecule has 0 aliphatic carbocycles. The van der Waals surface area contributed by atoms with Crippen molar-refractivity contribution in [3.63, 3.8) is 0 Å². The molecule has 0 spiro atoms. The number of benzene rings is 1. The smallest absolute Gasteiger partial charge is 0.153 e. The van der Waals surface area contributed by atoms with Gasteiger partial charge in [-0.05, 0) is 28.1 Å². The van der Waals surface area contributed by atoms with Crippen molar-refractivity contribution in [3.8, 4) is 0 Å². The molecule has 0 unspecified atom stereocenters. The lowest BCUT2D eigenvalue weighted by Gasteiger charge is -1.88. The maximum Gasteiger partial charge on any atom is 0.153 e. The number of fused-ring (bicyclic) bond motifs is 1. The summed E-state index contributed by atoms with van der Waals surface area (Å²) < 4.78 is 2.27. The topological polar surface area (TPSA) is 12.9 Å². The molecule has 0 amide bonds. The summed E-state index contributed by atoms with van der Waals surface area (Å²) in [7, 11) is 0. The second kappa shape index (κ2) is 2.32. The van der Waals surface area contributed by atoms with Crippen LogP contribution in [0.5, 0.6) is 0 Å². The Hall–Kier alpha value is -0.410. The van der Waals surface area contributed by atoms with Gasteiger partial charge in [0, 0.05) is 4.47 Å². The summed E-state index contributed by atoms with van der Waals surface area (Å²) in [6, 6.07) is 5.96. The first-order valence-electron chi connectivity index (χ1n) is 2.79. The van der Waals surface area contributed by atoms with E-state index in [-0.39, 0.29) is 0 Å². The molecule has 0 atom stereocenters. The fourth-order valence-electron chi connectivity index (χ4n) is 0.804. The van der Waals surface area contributed by atoms with E-state index >= 15 is 0 Å². The molecule has 1 aromatic carbocycles. The third-order valence-corrected chi connectivity index (χ3v) is 3.00. The third kappa shape index (κ3) is 0.859. The predicted octanol–water partition coefficient (Wildman–Crippen LogP) is 2.86. The molecule has 10 heavy (non-hydrogen) atoms. The molecule has 1 nitrogen and oxygen atoms in total. The van der Waals surface area contributed by atoms with Gasteiger partial charge in [-0.1, -0.05) is 6.07 Å². The van der Waals surface area contributed by atoms with E-state index in [0.717, 1.165) is 9.99 Å². The molecule has 0 saturated heterocycles. The van der Waals surface area contributed by atoms with Crippen LogP contribution in [0.2, 0.25) is 0 Å². The molecular weight excluding hydrogens is 210 g/mol. The third-order valence-electron chi connectivity index (χ3n) is 1.26. The SMILES string of the molecule is Brc1cccc2n[c]sc12. The number of hydrogen-bond donors (Lipinski definition) is 0. The first-order valence-corrected chi connectivity index (χ1v) is 4.40. The number of nitrogens with zero attached hydrogens (tertiary/aromatic N) is 1. The standard InChI is InChI=1S/C7H3BrNS/c8-5-2-1-3-6-7(5)10-4-9-6/h1-3H. The van der Waals surface area contributed by atoms with E-state index in [2.05, 4.69) is 26.4 Å². The summed E-state index contributed by atoms with van der Waals surface area (Å²) in [5.74, 6) is 0. The van der Waals surface area contributed by atoms with Crippen LogP contribution in [0, 0.1) is 5.51 Å². The second-order valence-electron chi connectivity index (χ2n) is 1.89. The van der Waals surface area contributed by atoms with Gasteiger partial charge in [0.15, 0.2) is 5.51 Å². The van der Waals surface area contributed by atoms with Crippen LogP contribution in [0.15, 0.2) is 22.7 Å². The van der Waals surface area contributed by atoms with E-state index in [1.165, 1.54) is 16.0 Å². The number of hydrogen-bond acceptors (Lipinski definition) is 2. The van der Waals surface area contributed by atoms with E-state index in [1.54, 1.807) is 0 Å². The Morgan fingerprint density at radius 1 is 1.50 bits per heavy atom. The molecule has 3 heteroatoms. The fraction of sp³-hybridized carbons (Fsp3) is 0. The van der Waals surface area contributed by atoms with Crippen molar-refractivity contribution in [2.24, 2.45) is 0 Å². The zero-order valence-corrected chi connectivity index (χ0v) is 7.37. The van der Waals surface area contributed by atoms with Crippen LogP contribution in [0.1, 0.15) is 0 Å². The zero-order chi connectivity index (χ0) is 6.97. The highest BCUT2D eigenvalue weighted by Gasteiger charge is 1.98. The van der Waals surface area contributed by atoms with E-state index < -0.39 is 0 Å². The Kier molecular flexibility index (Phi) is 1.47. The lowest BCUT2D eigenvalue weighted by Crippen LogP contribution is -1.65. The lowest BCUT2D eigenvalue weighted by molar-refractivity contribution is 1.48. The Morgan fingerprint density at radius 3 is 3.20 bits per heavy atom. The van der Waals surface area contributed by atoms with Gasteiger partial charge in [0.2, 0.25) is 0 Å². The molecule has 0 bridgehead atoms. The number of rotatable bonds is 0. The molecule has 1 heterocycles. The lowest BCUT2D eigenvalue weighted by atomic mass is 10.3. The highest BCUT2D eigenvalue weighted by atomic mass is 79.9. The average Bonchev–Trinajstić information content (AvgIpc) is 2.36. The van der Waals surface area contributed by atoms with E-state index in [4.69, 9.17) is 0 Å². The summed E-state index contributed by atoms with van der Waals surface area (Å²) in [5.41, 5.74) is 3.85. The van der Waals surface area contributed by atoms with Crippen LogP contribution in [0.25, 0.3) is 10.2 Å². The molecule has 2 aromatic rings. The fourth-order valence-corrected chi connectivity index (χ4v) is 2.02. The Morgan fingerprint density at radius 2 is 2.40 bits per heavy atom. The summed E-state index contributed by atoms with van der Waals surface area (Å²) in [6.45, 7) is 0. The molecule has 0 saturated carbocycles. The van der Waals surface area contributed by atoms with Gasteiger partial charge in [-0.3, -0.25) is 0 Å². The number of halogens is 1. The summed E-state index contributed by atoms with van der Waals surface area (Å²) in [6.07, 6.45) is 0. The Balaban J connectivity index is 2.95. The van der Waals surface area contributed by atoms with Gasteiger partial charge in [0.05, 0.1) is 10.2 Å². The molecular formula is C7H3BrNS. The molecule has 49 valence electrons. The molecule has 1 radical (unpaired) electrons. The molecule has 0 N–H and O–H groups in total. The van der Waals surface area contributed by atoms with Crippen molar-refractivity contribution in [2.75, 3.05) is 0 Å². The summed E-state index contributed by atoms with van der Waals surface area (Å²) >= 11 is 4.96. The quantitative estimate of drug-likeness (QED) is 0.655. The van der Waals surface area contributed by atoms with Crippen molar-refractivity contribution >= 4 is 37.5 Å². The van der Waals surface area contributed by atoms with Crippen molar-refractivity contribution in [3.05, 3.63) is 28.2 Å². The Labute approximate surface area is 70.8 Å². The summed E-state index contributed by atoms with van der Waals surface area (Å²) in [5, 5.41) is 0. The van der Waals surface area contributed by atoms with Gasteiger partial charge in [-0.25, -0.2) is 4.98 Å². The van der Waals surface area contributed by atoms with Crippen LogP contribution in [0.4, 0.5) is 0 Å². The molecule has 2 rings (SSSR count). The van der Waals surface area contributed by atoms with Gasteiger partial charge in [-0.15, -0.1) is 11.3 Å². The number of thiazole rings is 1. The first-order chi connectivity index (χ1) is 4.88. The van der Waals surface area contributed by atoms with E-state index in [9.17, 15) is 0 Å². The van der Waals surface area contributed by atoms with Crippen LogP contribution in [-0.2, 0) is 0 Å². The van der Waals surface area contributed by atoms with Gasteiger partial charge < -0.3 is 0 Å². The van der Waals surface area contributed by atoms with Crippen LogP contribution in [-0.4, -0.2) is 4.98 Å². The number of aromatic nitrogens is 1. The largest absolute Gasteiger partial charge is 0.233 e. The Bertz CT molecular complexity index is 355. The minimum Gasteiger partial charge on any atom is -0.233 e. The first kappa shape index (κ1) is 6.31. The second-order valence-corrected chi connectivity index (χ2v) is 3.54. The van der Waals surface area contributed by atoms with E-state index in [1.807, 2.05) is 18.2 Å². The molecule has 1 aromatic heterocycles. The van der Waals surface area contributed by atoms with Crippen LogP contribution in [0.3, 0.4) is 0 Å². The molecule has 0 aliphatic rings. The van der Waals surface area contributed by atoms with Gasteiger partial charge in [0.25, 0.3) is 0 Å². The van der Waals surface area contributed by atoms with Crippen molar-refractivity contribution in [2.45, 2.75) is 0 Å². The maximum atomic E-state index is 4.04. The molecule has 0 fully saturated rings. The van der Waals surface area contributed by atoms with Gasteiger partial charge in [-0.2, -0.15) is 0 Å². The predicted molar refractivity (Wildman–Crippen MR) is 46.2 cm³/mol. The highest BCUT2D eigenvalue weighted by molar-refractivity contribution is 9.10. The highest BCUT2D eigenvalue weighted by Crippen LogP contribution is 2.25. The normalized spacial score (nSPS) is 10.5. The molecule has 0 aliphatic heterocycles. The van der Waals surface area contributed by atoms with Crippen LogP contribution >= 0.6 is 27.3 Å². The van der Waals surface area contributed by atoms with Crippen molar-refractivity contribution < 1.29 is 0 Å². The van der Waals surface area contributed by atoms with Crippen molar-refractivity contribution in [1.29, 1.82) is 0 Å². The summed E-state index contributed by atoms with van der Waals surface area (Å²) in [4.78, 5) is 4.04. The van der Waals surface area contributed by atoms with Gasteiger partial charge in [0.1, 0.15) is 0 Å². The monoisotopic (exact) mass is 212 g/mol. The van der Waals surface area contributed by atoms with Gasteiger partial charge >= 0.3 is 0 Å². The van der Waals surface area contributed by atoms with E-state index in [0.29, 0.717) is 0 Å². The maximum absolute atomic E-state index is 4.04. The van der Waals surface area contributed by atoms with Crippen molar-refractivity contribution in [1.82, 2.24) is 4.98 Å². The zero-order valence-electron chi connectivity index (χ0n) is 4.97.